The lowest BCUT2D eigenvalue weighted by Gasteiger charge is -2.50. The van der Waals surface area contributed by atoms with Crippen molar-refractivity contribution in [1.82, 2.24) is 0 Å². The molecule has 0 aromatic carbocycles. The molecule has 2 fully saturated rings. The summed E-state index contributed by atoms with van der Waals surface area (Å²) in [5, 5.41) is 0. The van der Waals surface area contributed by atoms with E-state index in [-0.39, 0.29) is 0 Å². The molecule has 0 bridgehead atoms. The molecule has 2 heterocycles. The maximum Gasteiger partial charge on any atom is 0.470 e. The van der Waals surface area contributed by atoms with Crippen LogP contribution in [0.3, 0.4) is 0 Å². The zero-order chi connectivity index (χ0) is 43.0. The SMILES string of the molecule is O=P([O-])(O)OC1[C@H](OP(=O)([O-])O)OC(COP(=O)(O)O)[C@@H](O[C@@H]2OC(COP(=O)(O)O)[C@H](OP(=O)(O)O)[C@H](OP(=O)(O)O)C2OP(=O)([O-])O)[C@@H]1OP(=O)(O)O. The summed E-state index contributed by atoms with van der Waals surface area (Å²) in [6.07, 6.45) is -30.7. The molecule has 0 aromatic rings. The summed E-state index contributed by atoms with van der Waals surface area (Å²) in [5.41, 5.74) is 0. The van der Waals surface area contributed by atoms with E-state index in [1.165, 1.54) is 0 Å². The highest BCUT2D eigenvalue weighted by Gasteiger charge is 2.59. The van der Waals surface area contributed by atoms with E-state index in [1.807, 2.05) is 0 Å². The van der Waals surface area contributed by atoms with Gasteiger partial charge in [0.05, 0.1) is 13.2 Å². The Kier molecular flexibility index (Phi) is 17.7. The van der Waals surface area contributed by atoms with E-state index in [0.717, 1.165) is 0 Å². The fraction of sp³-hybridized carbons (Fsp3) is 1.00. The van der Waals surface area contributed by atoms with E-state index >= 15 is 0 Å². The van der Waals surface area contributed by atoms with Gasteiger partial charge in [-0.1, -0.05) is 0 Å². The van der Waals surface area contributed by atoms with Gasteiger partial charge in [-0.2, -0.15) is 0 Å². The predicted octanol–water partition coefficient (Wildman–Crippen LogP) is -6.36. The average molecular weight is 979 g/mol. The molecule has 0 aliphatic carbocycles. The lowest BCUT2D eigenvalue weighted by Crippen LogP contribution is -2.66. The summed E-state index contributed by atoms with van der Waals surface area (Å²) >= 11 is 0. The van der Waals surface area contributed by atoms with Gasteiger partial charge in [-0.15, -0.1) is 0 Å². The first-order valence-electron chi connectivity index (χ1n) is 13.0. The second-order valence-electron chi connectivity index (χ2n) is 10.1. The standard InChI is InChI=1S/C12H30O35P8/c13-48(14,15)37-1-3-5(7(43-51(22,23)24)10(46-54(31,32)33)12(40-3)47-55(34,35)36)41-11-9(45-53(28,29)30)8(44-52(25,26)27)6(42-50(19,20)21)4(39-11)2-38-49(16,17)18/h3-12H,1-2H2,(H2,13,14,15)(H2,16,17,18)(H2,19,20,21)(H2,22,23,24)(H2,25,26,27)(H2,28,29,30)(H2,31,32,33)(H2,34,35,36)/p-3/t3?,4?,5-,6+,7+,8+,9?,10?,11+,12+/m1/s1. The third-order valence-corrected chi connectivity index (χ3v) is 9.83. The van der Waals surface area contributed by atoms with Crippen molar-refractivity contribution in [1.29, 1.82) is 0 Å². The molecule has 35 nitrogen and oxygen atoms in total. The van der Waals surface area contributed by atoms with E-state index in [1.54, 1.807) is 0 Å². The van der Waals surface area contributed by atoms with Gasteiger partial charge in [0.2, 0.25) is 0 Å². The Bertz CT molecular complexity index is 1680. The van der Waals surface area contributed by atoms with Crippen molar-refractivity contribution < 1.29 is 165 Å². The van der Waals surface area contributed by atoms with E-state index in [2.05, 4.69) is 36.2 Å². The first kappa shape index (κ1) is 51.9. The number of rotatable bonds is 20. The Hall–Kier alpha value is 0.760. The van der Waals surface area contributed by atoms with Gasteiger partial charge in [0.1, 0.15) is 48.8 Å². The molecule has 0 amide bonds. The number of hydrogen-bond donors (Lipinski definition) is 13. The van der Waals surface area contributed by atoms with E-state index in [4.69, 9.17) is 24.0 Å². The molecule has 328 valence electrons. The van der Waals surface area contributed by atoms with Crippen molar-refractivity contribution in [3.05, 3.63) is 0 Å². The number of phosphoric ester groups is 8. The molecule has 0 radical (unpaired) electrons. The summed E-state index contributed by atoms with van der Waals surface area (Å²) in [5.74, 6) is 0. The summed E-state index contributed by atoms with van der Waals surface area (Å²) in [6, 6.07) is 0. The van der Waals surface area contributed by atoms with Crippen molar-refractivity contribution in [2.24, 2.45) is 0 Å². The van der Waals surface area contributed by atoms with Gasteiger partial charge in [-0.25, -0.2) is 22.8 Å². The largest absolute Gasteiger partial charge is 0.756 e. The number of phosphoric acid groups is 8. The summed E-state index contributed by atoms with van der Waals surface area (Å²) < 4.78 is 143. The molecule has 7 unspecified atom stereocenters. The highest BCUT2D eigenvalue weighted by molar-refractivity contribution is 7.47. The van der Waals surface area contributed by atoms with Crippen LogP contribution in [0.2, 0.25) is 0 Å². The van der Waals surface area contributed by atoms with Gasteiger partial charge in [-0.3, -0.25) is 40.8 Å². The molecular formula is C12H27O35P8-3. The first-order valence-corrected chi connectivity index (χ1v) is 25.1. The highest BCUT2D eigenvalue weighted by Crippen LogP contribution is 2.53. The Balaban J connectivity index is 2.97. The molecule has 55 heavy (non-hydrogen) atoms. The Morgan fingerprint density at radius 3 is 1.04 bits per heavy atom. The quantitative estimate of drug-likeness (QED) is 0.0505. The van der Waals surface area contributed by atoms with E-state index < -0.39 is 137 Å². The fourth-order valence-electron chi connectivity index (χ4n) is 4.39. The third kappa shape index (κ3) is 20.3. The molecule has 0 aromatic heterocycles. The smallest absolute Gasteiger partial charge is 0.470 e. The van der Waals surface area contributed by atoms with Crippen LogP contribution in [0.15, 0.2) is 0 Å². The molecule has 2 saturated heterocycles. The molecule has 0 saturated carbocycles. The van der Waals surface area contributed by atoms with Gasteiger partial charge in [0.15, 0.2) is 12.6 Å². The van der Waals surface area contributed by atoms with Crippen molar-refractivity contribution in [2.45, 2.75) is 61.4 Å². The minimum atomic E-state index is -6.45. The van der Waals surface area contributed by atoms with Crippen LogP contribution < -0.4 is 14.7 Å². The monoisotopic (exact) mass is 979 g/mol. The van der Waals surface area contributed by atoms with Crippen LogP contribution in [-0.2, 0) is 86.9 Å². The van der Waals surface area contributed by atoms with E-state index in [0.29, 0.717) is 0 Å². The van der Waals surface area contributed by atoms with Gasteiger partial charge in [-0.05, 0) is 0 Å². The van der Waals surface area contributed by atoms with Crippen LogP contribution in [0, 0.1) is 0 Å². The topological polar surface area (TPSA) is 570 Å². The second kappa shape index (κ2) is 18.8. The van der Waals surface area contributed by atoms with Crippen LogP contribution >= 0.6 is 62.6 Å². The van der Waals surface area contributed by atoms with Crippen LogP contribution in [0.4, 0.5) is 0 Å². The molecular weight excluding hydrogens is 952 g/mol. The van der Waals surface area contributed by atoms with Crippen molar-refractivity contribution in [2.75, 3.05) is 13.2 Å². The minimum absolute atomic E-state index is 1.77. The molecule has 13 atom stereocenters. The second-order valence-corrected chi connectivity index (χ2v) is 19.6. The lowest BCUT2D eigenvalue weighted by atomic mass is 9.97. The maximum absolute atomic E-state index is 12.0. The van der Waals surface area contributed by atoms with Crippen LogP contribution in [0.25, 0.3) is 0 Å². The predicted molar refractivity (Wildman–Crippen MR) is 149 cm³/mol. The third-order valence-electron chi connectivity index (χ3n) is 5.81. The van der Waals surface area contributed by atoms with Crippen molar-refractivity contribution in [3.63, 3.8) is 0 Å². The molecule has 2 aliphatic rings. The maximum atomic E-state index is 12.0. The van der Waals surface area contributed by atoms with Gasteiger partial charge < -0.3 is 102 Å². The lowest BCUT2D eigenvalue weighted by molar-refractivity contribution is -0.356. The number of hydrogen-bond acceptors (Lipinski definition) is 22. The van der Waals surface area contributed by atoms with Gasteiger partial charge >= 0.3 is 39.1 Å². The summed E-state index contributed by atoms with van der Waals surface area (Å²) in [7, 11) is -49.1. The Morgan fingerprint density at radius 1 is 0.382 bits per heavy atom. The summed E-state index contributed by atoms with van der Waals surface area (Å²) in [4.78, 5) is 157. The zero-order valence-corrected chi connectivity index (χ0v) is 32.7. The van der Waals surface area contributed by atoms with Crippen LogP contribution in [0.1, 0.15) is 0 Å². The molecule has 2 aliphatic heterocycles. The average Bonchev–Trinajstić information content (AvgIpc) is 2.88. The molecule has 2 rings (SSSR count). The van der Waals surface area contributed by atoms with Crippen molar-refractivity contribution >= 4 is 62.6 Å². The summed E-state index contributed by atoms with van der Waals surface area (Å²) in [6.45, 7) is -3.58. The normalized spacial score (nSPS) is 33.7. The van der Waals surface area contributed by atoms with Gasteiger partial charge in [0.25, 0.3) is 23.5 Å². The van der Waals surface area contributed by atoms with E-state index in [9.17, 15) is 105 Å². The van der Waals surface area contributed by atoms with Crippen LogP contribution in [0.5, 0.6) is 0 Å². The van der Waals surface area contributed by atoms with Gasteiger partial charge in [0, 0.05) is 0 Å². The Morgan fingerprint density at radius 2 is 0.691 bits per heavy atom. The first-order chi connectivity index (χ1) is 24.2. The van der Waals surface area contributed by atoms with Crippen molar-refractivity contribution in [3.8, 4) is 0 Å². The number of ether oxygens (including phenoxy) is 3. The highest BCUT2D eigenvalue weighted by atomic mass is 31.2. The zero-order valence-electron chi connectivity index (χ0n) is 25.6. The molecule has 0 spiro atoms. The molecule has 43 heteroatoms. The Labute approximate surface area is 302 Å². The van der Waals surface area contributed by atoms with Crippen LogP contribution in [-0.4, -0.2) is 138 Å². The molecule has 13 N–H and O–H groups in total. The fourth-order valence-corrected chi connectivity index (χ4v) is 8.24. The minimum Gasteiger partial charge on any atom is -0.756 e.